The fourth-order valence-electron chi connectivity index (χ4n) is 1.88. The van der Waals surface area contributed by atoms with Crippen molar-refractivity contribution >= 4 is 5.69 Å². The molecule has 18 heavy (non-hydrogen) atoms. The van der Waals surface area contributed by atoms with E-state index in [2.05, 4.69) is 36.3 Å². The molecular formula is C15H18N2O. The van der Waals surface area contributed by atoms with Gasteiger partial charge in [0.15, 0.2) is 0 Å². The average molecular weight is 242 g/mol. The largest absolute Gasteiger partial charge is 0.495 e. The number of nitrogens with zero attached hydrogens (tertiary/aromatic N) is 1. The fraction of sp³-hybridized carbons (Fsp3) is 0.267. The van der Waals surface area contributed by atoms with Crippen LogP contribution in [0.2, 0.25) is 0 Å². The minimum absolute atomic E-state index is 0.189. The summed E-state index contributed by atoms with van der Waals surface area (Å²) in [4.78, 5) is 4.14. The van der Waals surface area contributed by atoms with E-state index < -0.39 is 0 Å². The maximum Gasteiger partial charge on any atom is 0.141 e. The van der Waals surface area contributed by atoms with Gasteiger partial charge < -0.3 is 10.1 Å². The minimum Gasteiger partial charge on any atom is -0.495 e. The van der Waals surface area contributed by atoms with Gasteiger partial charge in [-0.1, -0.05) is 12.1 Å². The Morgan fingerprint density at radius 1 is 1.28 bits per heavy atom. The van der Waals surface area contributed by atoms with Crippen LogP contribution in [0.3, 0.4) is 0 Å². The zero-order valence-corrected chi connectivity index (χ0v) is 11.0. The van der Waals surface area contributed by atoms with Gasteiger partial charge in [0.2, 0.25) is 0 Å². The van der Waals surface area contributed by atoms with Gasteiger partial charge in [0.1, 0.15) is 5.75 Å². The van der Waals surface area contributed by atoms with Crippen LogP contribution in [0.25, 0.3) is 0 Å². The van der Waals surface area contributed by atoms with Gasteiger partial charge in [-0.05, 0) is 43.2 Å². The molecule has 3 nitrogen and oxygen atoms in total. The molecule has 1 N–H and O–H groups in total. The van der Waals surface area contributed by atoms with Crippen molar-refractivity contribution in [1.82, 2.24) is 4.98 Å². The summed E-state index contributed by atoms with van der Waals surface area (Å²) < 4.78 is 5.36. The highest BCUT2D eigenvalue weighted by Crippen LogP contribution is 2.28. The third-order valence-electron chi connectivity index (χ3n) is 2.91. The van der Waals surface area contributed by atoms with Gasteiger partial charge in [-0.25, -0.2) is 0 Å². The van der Waals surface area contributed by atoms with Crippen molar-refractivity contribution in [1.29, 1.82) is 0 Å². The van der Waals surface area contributed by atoms with Crippen LogP contribution >= 0.6 is 0 Å². The van der Waals surface area contributed by atoms with E-state index in [0.29, 0.717) is 0 Å². The zero-order chi connectivity index (χ0) is 13.0. The molecule has 1 aromatic carbocycles. The Morgan fingerprint density at radius 2 is 2.11 bits per heavy atom. The number of anilines is 1. The van der Waals surface area contributed by atoms with Gasteiger partial charge in [0, 0.05) is 12.4 Å². The molecule has 0 aliphatic carbocycles. The highest BCUT2D eigenvalue weighted by atomic mass is 16.5. The summed E-state index contributed by atoms with van der Waals surface area (Å²) in [5, 5.41) is 3.45. The van der Waals surface area contributed by atoms with E-state index in [9.17, 15) is 0 Å². The molecule has 2 rings (SSSR count). The first-order valence-corrected chi connectivity index (χ1v) is 6.02. The molecule has 1 heterocycles. The quantitative estimate of drug-likeness (QED) is 0.890. The lowest BCUT2D eigenvalue weighted by molar-refractivity contribution is 0.416. The highest BCUT2D eigenvalue weighted by molar-refractivity contribution is 5.58. The molecule has 1 atom stereocenters. The molecule has 0 spiro atoms. The third kappa shape index (κ3) is 2.80. The molecular weight excluding hydrogens is 224 g/mol. The lowest BCUT2D eigenvalue weighted by Gasteiger charge is -2.18. The predicted octanol–water partition coefficient (Wildman–Crippen LogP) is 3.57. The summed E-state index contributed by atoms with van der Waals surface area (Å²) in [5.74, 6) is 0.858. The lowest BCUT2D eigenvalue weighted by Crippen LogP contribution is -2.08. The SMILES string of the molecule is COc1ccc(C)cc1NC(C)c1cccnc1. The molecule has 1 aromatic heterocycles. The second kappa shape index (κ2) is 5.54. The van der Waals surface area contributed by atoms with Crippen molar-refractivity contribution in [3.05, 3.63) is 53.9 Å². The molecule has 0 amide bonds. The average Bonchev–Trinajstić information content (AvgIpc) is 2.40. The Hall–Kier alpha value is -2.03. The second-order valence-electron chi connectivity index (χ2n) is 4.36. The molecule has 0 bridgehead atoms. The molecule has 3 heteroatoms. The normalized spacial score (nSPS) is 11.9. The van der Waals surface area contributed by atoms with E-state index >= 15 is 0 Å². The second-order valence-corrected chi connectivity index (χ2v) is 4.36. The maximum atomic E-state index is 5.36. The number of benzene rings is 1. The van der Waals surface area contributed by atoms with Gasteiger partial charge >= 0.3 is 0 Å². The number of nitrogens with one attached hydrogen (secondary N) is 1. The molecule has 0 saturated heterocycles. The standard InChI is InChI=1S/C15H18N2O/c1-11-6-7-15(18-3)14(9-11)17-12(2)13-5-4-8-16-10-13/h4-10,12,17H,1-3H3. The Labute approximate surface area is 108 Å². The highest BCUT2D eigenvalue weighted by Gasteiger charge is 2.08. The molecule has 94 valence electrons. The maximum absolute atomic E-state index is 5.36. The topological polar surface area (TPSA) is 34.1 Å². The van der Waals surface area contributed by atoms with Gasteiger partial charge in [0.05, 0.1) is 18.8 Å². The van der Waals surface area contributed by atoms with E-state index in [1.54, 1.807) is 13.3 Å². The first-order valence-electron chi connectivity index (χ1n) is 6.02. The van der Waals surface area contributed by atoms with Crippen LogP contribution in [-0.2, 0) is 0 Å². The predicted molar refractivity (Wildman–Crippen MR) is 74.0 cm³/mol. The summed E-state index contributed by atoms with van der Waals surface area (Å²) in [7, 11) is 1.69. The number of aryl methyl sites for hydroxylation is 1. The Kier molecular flexibility index (Phi) is 3.82. The van der Waals surface area contributed by atoms with Gasteiger partial charge in [-0.15, -0.1) is 0 Å². The van der Waals surface area contributed by atoms with E-state index in [4.69, 9.17) is 4.74 Å². The van der Waals surface area contributed by atoms with Crippen LogP contribution < -0.4 is 10.1 Å². The van der Waals surface area contributed by atoms with E-state index in [-0.39, 0.29) is 6.04 Å². The third-order valence-corrected chi connectivity index (χ3v) is 2.91. The molecule has 2 aromatic rings. The molecule has 0 aliphatic heterocycles. The minimum atomic E-state index is 0.189. The number of hydrogen-bond donors (Lipinski definition) is 1. The van der Waals surface area contributed by atoms with Crippen molar-refractivity contribution in [2.24, 2.45) is 0 Å². The van der Waals surface area contributed by atoms with Crippen LogP contribution in [0.4, 0.5) is 5.69 Å². The summed E-state index contributed by atoms with van der Waals surface area (Å²) in [6, 6.07) is 10.3. The first kappa shape index (κ1) is 12.4. The Bertz CT molecular complexity index is 511. The molecule has 0 aliphatic rings. The Balaban J connectivity index is 2.21. The monoisotopic (exact) mass is 242 g/mol. The number of hydrogen-bond acceptors (Lipinski definition) is 3. The summed E-state index contributed by atoms with van der Waals surface area (Å²) in [6.45, 7) is 4.18. The van der Waals surface area contributed by atoms with Crippen molar-refractivity contribution in [2.45, 2.75) is 19.9 Å². The Morgan fingerprint density at radius 3 is 2.78 bits per heavy atom. The van der Waals surface area contributed by atoms with Gasteiger partial charge in [-0.2, -0.15) is 0 Å². The number of ether oxygens (including phenoxy) is 1. The molecule has 1 unspecified atom stereocenters. The number of aromatic nitrogens is 1. The van der Waals surface area contributed by atoms with Gasteiger partial charge in [-0.3, -0.25) is 4.98 Å². The first-order chi connectivity index (χ1) is 8.70. The van der Waals surface area contributed by atoms with Crippen molar-refractivity contribution in [3.63, 3.8) is 0 Å². The summed E-state index contributed by atoms with van der Waals surface area (Å²) in [5.41, 5.74) is 3.37. The van der Waals surface area contributed by atoms with Crippen LogP contribution in [0.15, 0.2) is 42.7 Å². The number of pyridine rings is 1. The van der Waals surface area contributed by atoms with Crippen LogP contribution in [0.1, 0.15) is 24.1 Å². The number of methoxy groups -OCH3 is 1. The lowest BCUT2D eigenvalue weighted by atomic mass is 10.1. The number of rotatable bonds is 4. The molecule has 0 fully saturated rings. The van der Waals surface area contributed by atoms with Crippen molar-refractivity contribution in [3.8, 4) is 5.75 Å². The summed E-state index contributed by atoms with van der Waals surface area (Å²) >= 11 is 0. The van der Waals surface area contributed by atoms with Crippen molar-refractivity contribution < 1.29 is 4.74 Å². The smallest absolute Gasteiger partial charge is 0.141 e. The van der Waals surface area contributed by atoms with E-state index in [0.717, 1.165) is 17.0 Å². The fourth-order valence-corrected chi connectivity index (χ4v) is 1.88. The van der Waals surface area contributed by atoms with E-state index in [1.165, 1.54) is 5.56 Å². The van der Waals surface area contributed by atoms with Crippen LogP contribution in [0.5, 0.6) is 5.75 Å². The molecule has 0 radical (unpaired) electrons. The van der Waals surface area contributed by atoms with Crippen LogP contribution in [0, 0.1) is 6.92 Å². The molecule has 0 saturated carbocycles. The summed E-state index contributed by atoms with van der Waals surface area (Å²) in [6.07, 6.45) is 3.66. The zero-order valence-electron chi connectivity index (χ0n) is 11.0. The van der Waals surface area contributed by atoms with Crippen molar-refractivity contribution in [2.75, 3.05) is 12.4 Å². The van der Waals surface area contributed by atoms with Crippen LogP contribution in [-0.4, -0.2) is 12.1 Å². The van der Waals surface area contributed by atoms with Gasteiger partial charge in [0.25, 0.3) is 0 Å². The van der Waals surface area contributed by atoms with E-state index in [1.807, 2.05) is 24.4 Å².